The van der Waals surface area contributed by atoms with Gasteiger partial charge in [0.25, 0.3) is 0 Å². The van der Waals surface area contributed by atoms with E-state index in [4.69, 9.17) is 4.74 Å². The first-order valence-electron chi connectivity index (χ1n) is 6.48. The van der Waals surface area contributed by atoms with Gasteiger partial charge in [0.05, 0.1) is 13.2 Å². The molecule has 0 aromatic heterocycles. The number of amides is 1. The molecule has 0 aliphatic rings. The van der Waals surface area contributed by atoms with Gasteiger partial charge in [-0.2, -0.15) is 0 Å². The molecule has 0 unspecified atom stereocenters. The smallest absolute Gasteiger partial charge is 0.233 e. The highest BCUT2D eigenvalue weighted by atomic mass is 16.5. The maximum Gasteiger partial charge on any atom is 0.233 e. The molecular formula is C14H22N2O3. The van der Waals surface area contributed by atoms with Crippen molar-refractivity contribution in [2.24, 2.45) is 0 Å². The molecule has 0 aliphatic heterocycles. The van der Waals surface area contributed by atoms with Crippen LogP contribution in [0.15, 0.2) is 18.2 Å². The van der Waals surface area contributed by atoms with E-state index in [0.717, 1.165) is 12.1 Å². The molecule has 0 bridgehead atoms. The van der Waals surface area contributed by atoms with Crippen molar-refractivity contribution >= 4 is 5.91 Å². The number of hydrogen-bond acceptors (Lipinski definition) is 4. The van der Waals surface area contributed by atoms with Gasteiger partial charge in [0.1, 0.15) is 0 Å². The molecule has 0 radical (unpaired) electrons. The number of carbonyl (C=O) groups is 1. The van der Waals surface area contributed by atoms with Gasteiger partial charge in [0.2, 0.25) is 5.91 Å². The van der Waals surface area contributed by atoms with E-state index >= 15 is 0 Å². The summed E-state index contributed by atoms with van der Waals surface area (Å²) in [5.41, 5.74) is 1.01. The fraction of sp³-hybridized carbons (Fsp3) is 0.500. The quantitative estimate of drug-likeness (QED) is 0.782. The van der Waals surface area contributed by atoms with Crippen molar-refractivity contribution < 1.29 is 14.6 Å². The van der Waals surface area contributed by atoms with Gasteiger partial charge in [-0.1, -0.05) is 13.0 Å². The lowest BCUT2D eigenvalue weighted by molar-refractivity contribution is -0.121. The third-order valence-corrected chi connectivity index (χ3v) is 2.82. The fourth-order valence-electron chi connectivity index (χ4n) is 1.75. The van der Waals surface area contributed by atoms with Gasteiger partial charge in [0.15, 0.2) is 11.5 Å². The van der Waals surface area contributed by atoms with Crippen LogP contribution in [0, 0.1) is 0 Å². The van der Waals surface area contributed by atoms with Crippen LogP contribution in [0.1, 0.15) is 19.4 Å². The minimum Gasteiger partial charge on any atom is -0.504 e. The largest absolute Gasteiger partial charge is 0.504 e. The van der Waals surface area contributed by atoms with Crippen molar-refractivity contribution in [3.05, 3.63) is 23.8 Å². The summed E-state index contributed by atoms with van der Waals surface area (Å²) >= 11 is 0. The lowest BCUT2D eigenvalue weighted by Gasteiger charge is -2.20. The maximum atomic E-state index is 11.4. The minimum absolute atomic E-state index is 0.00865. The third-order valence-electron chi connectivity index (χ3n) is 2.82. The van der Waals surface area contributed by atoms with Gasteiger partial charge in [-0.25, -0.2) is 0 Å². The van der Waals surface area contributed by atoms with Crippen LogP contribution < -0.4 is 10.1 Å². The summed E-state index contributed by atoms with van der Waals surface area (Å²) < 4.78 is 5.35. The normalized spacial score (nSPS) is 10.5. The van der Waals surface area contributed by atoms with Crippen LogP contribution in [-0.2, 0) is 11.3 Å². The van der Waals surface area contributed by atoms with E-state index in [1.165, 1.54) is 0 Å². The molecule has 1 aromatic carbocycles. The monoisotopic (exact) mass is 266 g/mol. The van der Waals surface area contributed by atoms with Crippen molar-refractivity contribution in [2.75, 3.05) is 26.7 Å². The molecule has 5 heteroatoms. The standard InChI is InChI=1S/C14H22N2O3/c1-4-16(10-14(18)15-3)9-11-6-7-12(17)13(8-11)19-5-2/h6-8,17H,4-5,9-10H2,1-3H3,(H,15,18). The zero-order chi connectivity index (χ0) is 14.3. The SMILES string of the molecule is CCOc1cc(CN(CC)CC(=O)NC)ccc1O. The topological polar surface area (TPSA) is 61.8 Å². The van der Waals surface area contributed by atoms with E-state index in [0.29, 0.717) is 25.4 Å². The second-order valence-corrected chi connectivity index (χ2v) is 4.21. The van der Waals surface area contributed by atoms with E-state index in [9.17, 15) is 9.90 Å². The van der Waals surface area contributed by atoms with Crippen molar-refractivity contribution in [2.45, 2.75) is 20.4 Å². The summed E-state index contributed by atoms with van der Waals surface area (Å²) in [7, 11) is 1.63. The first-order valence-corrected chi connectivity index (χ1v) is 6.48. The highest BCUT2D eigenvalue weighted by molar-refractivity contribution is 5.77. The molecule has 0 spiro atoms. The number of ether oxygens (including phenoxy) is 1. The lowest BCUT2D eigenvalue weighted by Crippen LogP contribution is -2.35. The second kappa shape index (κ2) is 7.63. The molecule has 2 N–H and O–H groups in total. The van der Waals surface area contributed by atoms with Crippen molar-refractivity contribution in [1.29, 1.82) is 0 Å². The van der Waals surface area contributed by atoms with E-state index in [-0.39, 0.29) is 11.7 Å². The molecule has 0 fully saturated rings. The number of likely N-dealkylation sites (N-methyl/N-ethyl adjacent to an activating group) is 2. The van der Waals surface area contributed by atoms with Gasteiger partial charge in [-0.15, -0.1) is 0 Å². The first kappa shape index (κ1) is 15.3. The average molecular weight is 266 g/mol. The average Bonchev–Trinajstić information content (AvgIpc) is 2.41. The van der Waals surface area contributed by atoms with Gasteiger partial charge < -0.3 is 15.2 Å². The molecular weight excluding hydrogens is 244 g/mol. The summed E-state index contributed by atoms with van der Waals surface area (Å²) in [6.07, 6.45) is 0. The molecule has 1 amide bonds. The number of phenols is 1. The predicted octanol–water partition coefficient (Wildman–Crippen LogP) is 1.36. The van der Waals surface area contributed by atoms with Gasteiger partial charge >= 0.3 is 0 Å². The Balaban J connectivity index is 2.74. The van der Waals surface area contributed by atoms with Gasteiger partial charge in [-0.05, 0) is 31.2 Å². The predicted molar refractivity (Wildman–Crippen MR) is 74.3 cm³/mol. The number of hydrogen-bond donors (Lipinski definition) is 2. The van der Waals surface area contributed by atoms with Crippen LogP contribution in [0.5, 0.6) is 11.5 Å². The van der Waals surface area contributed by atoms with Gasteiger partial charge in [-0.3, -0.25) is 9.69 Å². The van der Waals surface area contributed by atoms with E-state index < -0.39 is 0 Å². The molecule has 1 aromatic rings. The zero-order valence-electron chi connectivity index (χ0n) is 11.8. The molecule has 0 saturated carbocycles. The molecule has 0 heterocycles. The Morgan fingerprint density at radius 1 is 1.42 bits per heavy atom. The molecule has 1 rings (SSSR count). The minimum atomic E-state index is -0.00865. The van der Waals surface area contributed by atoms with Crippen molar-refractivity contribution in [3.8, 4) is 11.5 Å². The Morgan fingerprint density at radius 3 is 2.74 bits per heavy atom. The molecule has 106 valence electrons. The molecule has 0 saturated heterocycles. The summed E-state index contributed by atoms with van der Waals surface area (Å²) in [5.74, 6) is 0.613. The van der Waals surface area contributed by atoms with Gasteiger partial charge in [0, 0.05) is 13.6 Å². The number of nitrogens with one attached hydrogen (secondary N) is 1. The number of aromatic hydroxyl groups is 1. The molecule has 0 aliphatic carbocycles. The van der Waals surface area contributed by atoms with E-state index in [2.05, 4.69) is 5.32 Å². The Labute approximate surface area is 114 Å². The Hall–Kier alpha value is -1.75. The zero-order valence-corrected chi connectivity index (χ0v) is 11.8. The van der Waals surface area contributed by atoms with Crippen LogP contribution in [0.25, 0.3) is 0 Å². The van der Waals surface area contributed by atoms with Crippen molar-refractivity contribution in [1.82, 2.24) is 10.2 Å². The summed E-state index contributed by atoms with van der Waals surface area (Å²) in [4.78, 5) is 13.4. The highest BCUT2D eigenvalue weighted by Gasteiger charge is 2.10. The summed E-state index contributed by atoms with van der Waals surface area (Å²) in [6.45, 7) is 6.16. The van der Waals surface area contributed by atoms with Crippen molar-refractivity contribution in [3.63, 3.8) is 0 Å². The van der Waals surface area contributed by atoms with E-state index in [1.54, 1.807) is 13.1 Å². The molecule has 0 atom stereocenters. The number of carbonyl (C=O) groups excluding carboxylic acids is 1. The third kappa shape index (κ3) is 4.79. The van der Waals surface area contributed by atoms with Crippen LogP contribution in [0.3, 0.4) is 0 Å². The summed E-state index contributed by atoms with van der Waals surface area (Å²) in [5, 5.41) is 12.2. The van der Waals surface area contributed by atoms with Crippen LogP contribution >= 0.6 is 0 Å². The second-order valence-electron chi connectivity index (χ2n) is 4.21. The number of rotatable bonds is 7. The van der Waals surface area contributed by atoms with E-state index in [1.807, 2.05) is 30.9 Å². The van der Waals surface area contributed by atoms with Crippen LogP contribution in [0.2, 0.25) is 0 Å². The molecule has 19 heavy (non-hydrogen) atoms. The maximum absolute atomic E-state index is 11.4. The summed E-state index contributed by atoms with van der Waals surface area (Å²) in [6, 6.07) is 5.27. The fourth-order valence-corrected chi connectivity index (χ4v) is 1.75. The van der Waals surface area contributed by atoms with Crippen LogP contribution in [-0.4, -0.2) is 42.7 Å². The van der Waals surface area contributed by atoms with Crippen LogP contribution in [0.4, 0.5) is 0 Å². The Morgan fingerprint density at radius 2 is 2.16 bits per heavy atom. The highest BCUT2D eigenvalue weighted by Crippen LogP contribution is 2.27. The lowest BCUT2D eigenvalue weighted by atomic mass is 10.2. The number of benzene rings is 1. The number of phenolic OH excluding ortho intramolecular Hbond substituents is 1. The number of nitrogens with zero attached hydrogens (tertiary/aromatic N) is 1. The Bertz CT molecular complexity index is 421. The molecule has 5 nitrogen and oxygen atoms in total. The first-order chi connectivity index (χ1) is 9.10. The Kier molecular flexibility index (Phi) is 6.15.